The maximum Gasteiger partial charge on any atom is 0.176 e. The van der Waals surface area contributed by atoms with E-state index in [0.29, 0.717) is 10.8 Å². The van der Waals surface area contributed by atoms with Crippen molar-refractivity contribution in [2.75, 3.05) is 0 Å². The molecule has 2 heterocycles. The van der Waals surface area contributed by atoms with Gasteiger partial charge >= 0.3 is 0 Å². The molecule has 0 amide bonds. The number of hydrogen-bond donors (Lipinski definition) is 0. The quantitative estimate of drug-likeness (QED) is 0.789. The fourth-order valence-corrected chi connectivity index (χ4v) is 2.03. The molecule has 0 aliphatic heterocycles. The molecule has 0 N–H and O–H groups in total. The van der Waals surface area contributed by atoms with Crippen molar-refractivity contribution < 1.29 is 0 Å². The van der Waals surface area contributed by atoms with Crippen LogP contribution in [0.5, 0.6) is 0 Å². The van der Waals surface area contributed by atoms with Crippen molar-refractivity contribution in [2.45, 2.75) is 13.3 Å². The minimum Gasteiger partial charge on any atom is -0.290 e. The van der Waals surface area contributed by atoms with Gasteiger partial charge in [-0.25, -0.2) is 9.97 Å². The van der Waals surface area contributed by atoms with Crippen molar-refractivity contribution in [1.29, 1.82) is 0 Å². The van der Waals surface area contributed by atoms with Gasteiger partial charge in [0.05, 0.1) is 5.69 Å². The van der Waals surface area contributed by atoms with Crippen LogP contribution in [0.15, 0.2) is 17.0 Å². The number of hydrogen-bond acceptors (Lipinski definition) is 2. The third kappa shape index (κ3) is 1.34. The number of nitrogens with zero attached hydrogens (tertiary/aromatic N) is 3. The topological polar surface area (TPSA) is 30.2 Å². The number of imidazole rings is 1. The highest BCUT2D eigenvalue weighted by Gasteiger charge is 2.10. The Morgan fingerprint density at radius 2 is 2.38 bits per heavy atom. The van der Waals surface area contributed by atoms with E-state index >= 15 is 0 Å². The van der Waals surface area contributed by atoms with Crippen LogP contribution in [0.2, 0.25) is 5.15 Å². The lowest BCUT2D eigenvalue weighted by molar-refractivity contribution is 1.05. The number of halogens is 2. The molecule has 0 aliphatic rings. The molecule has 13 heavy (non-hydrogen) atoms. The van der Waals surface area contributed by atoms with Gasteiger partial charge in [0.25, 0.3) is 0 Å². The lowest BCUT2D eigenvalue weighted by Crippen LogP contribution is -1.86. The van der Waals surface area contributed by atoms with Crippen LogP contribution in [-0.4, -0.2) is 14.4 Å². The average Bonchev–Trinajstić information content (AvgIpc) is 2.45. The predicted molar refractivity (Wildman–Crippen MR) is 55.1 cm³/mol. The summed E-state index contributed by atoms with van der Waals surface area (Å²) < 4.78 is 2.84. The summed E-state index contributed by atoms with van der Waals surface area (Å²) in [4.78, 5) is 8.31. The van der Waals surface area contributed by atoms with Gasteiger partial charge in [-0.15, -0.1) is 0 Å². The van der Waals surface area contributed by atoms with Gasteiger partial charge in [0.15, 0.2) is 10.8 Å². The molecule has 0 bridgehead atoms. The fourth-order valence-electron chi connectivity index (χ4n) is 1.19. The molecular weight excluding hydrogens is 253 g/mol. The van der Waals surface area contributed by atoms with Crippen LogP contribution >= 0.6 is 27.5 Å². The Morgan fingerprint density at radius 1 is 1.62 bits per heavy atom. The highest BCUT2D eigenvalue weighted by atomic mass is 79.9. The first-order valence-corrected chi connectivity index (χ1v) is 5.08. The highest BCUT2D eigenvalue weighted by molar-refractivity contribution is 9.10. The van der Waals surface area contributed by atoms with Crippen LogP contribution in [0.1, 0.15) is 12.6 Å². The summed E-state index contributed by atoms with van der Waals surface area (Å²) in [5, 5.41) is 0.433. The zero-order valence-corrected chi connectivity index (χ0v) is 9.30. The summed E-state index contributed by atoms with van der Waals surface area (Å²) in [6.07, 6.45) is 4.36. The SMILES string of the molecule is CCc1nc2c(Cl)nccn2c1Br. The monoisotopic (exact) mass is 259 g/mol. The number of rotatable bonds is 1. The molecule has 0 saturated carbocycles. The number of aromatic nitrogens is 3. The van der Waals surface area contributed by atoms with Gasteiger partial charge in [0.2, 0.25) is 0 Å². The van der Waals surface area contributed by atoms with Crippen LogP contribution in [0, 0.1) is 0 Å². The predicted octanol–water partition coefficient (Wildman–Crippen LogP) is 2.71. The summed E-state index contributed by atoms with van der Waals surface area (Å²) in [5.41, 5.74) is 1.70. The third-order valence-electron chi connectivity index (χ3n) is 1.84. The largest absolute Gasteiger partial charge is 0.290 e. The molecule has 5 heteroatoms. The molecular formula is C8H7BrClN3. The molecule has 0 aromatic carbocycles. The minimum absolute atomic E-state index is 0.433. The molecule has 0 aliphatic carbocycles. The van der Waals surface area contributed by atoms with Gasteiger partial charge in [-0.2, -0.15) is 0 Å². The summed E-state index contributed by atoms with van der Waals surface area (Å²) in [5.74, 6) is 0. The van der Waals surface area contributed by atoms with Crippen LogP contribution in [0.3, 0.4) is 0 Å². The second-order valence-electron chi connectivity index (χ2n) is 2.61. The van der Waals surface area contributed by atoms with E-state index in [4.69, 9.17) is 11.6 Å². The molecule has 2 rings (SSSR count). The van der Waals surface area contributed by atoms with Gasteiger partial charge < -0.3 is 0 Å². The Hall–Kier alpha value is -0.610. The number of fused-ring (bicyclic) bond motifs is 1. The molecule has 3 nitrogen and oxygen atoms in total. The van der Waals surface area contributed by atoms with E-state index in [1.807, 2.05) is 17.5 Å². The Balaban J connectivity index is 2.83. The first-order chi connectivity index (χ1) is 6.24. The molecule has 0 fully saturated rings. The van der Waals surface area contributed by atoms with Gasteiger partial charge in [0.1, 0.15) is 4.60 Å². The third-order valence-corrected chi connectivity index (χ3v) is 2.95. The Labute approximate surface area is 88.9 Å². The summed E-state index contributed by atoms with van der Waals surface area (Å²) >= 11 is 9.34. The molecule has 0 atom stereocenters. The lowest BCUT2D eigenvalue weighted by Gasteiger charge is -1.94. The first-order valence-electron chi connectivity index (χ1n) is 3.91. The zero-order chi connectivity index (χ0) is 9.42. The van der Waals surface area contributed by atoms with Crippen LogP contribution in [0.25, 0.3) is 5.65 Å². The first kappa shape index (κ1) is 8.97. The molecule has 2 aromatic heterocycles. The van der Waals surface area contributed by atoms with Crippen molar-refractivity contribution in [3.05, 3.63) is 27.8 Å². The standard InChI is InChI=1S/C8H7BrClN3/c1-2-5-6(9)13-4-3-11-7(10)8(13)12-5/h3-4H,2H2,1H3. The molecule has 2 aromatic rings. The molecule has 0 saturated heterocycles. The van der Waals surface area contributed by atoms with E-state index in [1.54, 1.807) is 6.20 Å². The number of aryl methyl sites for hydroxylation is 1. The highest BCUT2D eigenvalue weighted by Crippen LogP contribution is 2.22. The van der Waals surface area contributed by atoms with E-state index in [9.17, 15) is 0 Å². The van der Waals surface area contributed by atoms with Crippen molar-refractivity contribution in [2.24, 2.45) is 0 Å². The molecule has 0 spiro atoms. The smallest absolute Gasteiger partial charge is 0.176 e. The van der Waals surface area contributed by atoms with Crippen molar-refractivity contribution in [3.63, 3.8) is 0 Å². The maximum atomic E-state index is 5.88. The lowest BCUT2D eigenvalue weighted by atomic mass is 10.4. The Bertz CT molecular complexity index is 452. The Morgan fingerprint density at radius 3 is 3.00 bits per heavy atom. The van der Waals surface area contributed by atoms with Gasteiger partial charge in [0, 0.05) is 12.4 Å². The van der Waals surface area contributed by atoms with Gasteiger partial charge in [-0.3, -0.25) is 4.40 Å². The summed E-state index contributed by atoms with van der Waals surface area (Å²) in [6.45, 7) is 2.05. The summed E-state index contributed by atoms with van der Waals surface area (Å²) in [7, 11) is 0. The second kappa shape index (κ2) is 3.27. The fraction of sp³-hybridized carbons (Fsp3) is 0.250. The summed E-state index contributed by atoms with van der Waals surface area (Å²) in [6, 6.07) is 0. The molecule has 0 unspecified atom stereocenters. The minimum atomic E-state index is 0.433. The van der Waals surface area contributed by atoms with Crippen LogP contribution < -0.4 is 0 Å². The molecule has 0 radical (unpaired) electrons. The second-order valence-corrected chi connectivity index (χ2v) is 3.72. The zero-order valence-electron chi connectivity index (χ0n) is 6.96. The van der Waals surface area contributed by atoms with E-state index < -0.39 is 0 Å². The van der Waals surface area contributed by atoms with Gasteiger partial charge in [-0.1, -0.05) is 18.5 Å². The van der Waals surface area contributed by atoms with E-state index in [-0.39, 0.29) is 0 Å². The average molecular weight is 261 g/mol. The van der Waals surface area contributed by atoms with E-state index in [1.165, 1.54) is 0 Å². The van der Waals surface area contributed by atoms with Crippen LogP contribution in [0.4, 0.5) is 0 Å². The maximum absolute atomic E-state index is 5.88. The van der Waals surface area contributed by atoms with Crippen molar-refractivity contribution in [3.8, 4) is 0 Å². The van der Waals surface area contributed by atoms with Crippen molar-refractivity contribution in [1.82, 2.24) is 14.4 Å². The van der Waals surface area contributed by atoms with Crippen LogP contribution in [-0.2, 0) is 6.42 Å². The Kier molecular flexibility index (Phi) is 2.26. The van der Waals surface area contributed by atoms with Gasteiger partial charge in [-0.05, 0) is 22.4 Å². The normalized spacial score (nSPS) is 11.0. The molecule has 68 valence electrons. The van der Waals surface area contributed by atoms with E-state index in [2.05, 4.69) is 25.9 Å². The van der Waals surface area contributed by atoms with E-state index in [0.717, 1.165) is 16.7 Å². The van der Waals surface area contributed by atoms with Crippen molar-refractivity contribution >= 4 is 33.2 Å².